The van der Waals surface area contributed by atoms with Gasteiger partial charge in [-0.25, -0.2) is 0 Å². The topological polar surface area (TPSA) is 83.5 Å². The molecule has 0 aromatic heterocycles. The van der Waals surface area contributed by atoms with E-state index in [1.54, 1.807) is 48.5 Å². The van der Waals surface area contributed by atoms with Crippen LogP contribution in [0.1, 0.15) is 29.3 Å². The number of carbonyl (C=O) groups excluding carboxylic acids is 2. The van der Waals surface area contributed by atoms with Gasteiger partial charge in [0.05, 0.1) is 5.92 Å². The van der Waals surface area contributed by atoms with Crippen LogP contribution in [0.25, 0.3) is 0 Å². The van der Waals surface area contributed by atoms with Gasteiger partial charge in [0.15, 0.2) is 5.78 Å². The highest BCUT2D eigenvalue weighted by Crippen LogP contribution is 2.16. The molecule has 1 amide bonds. The van der Waals surface area contributed by atoms with E-state index in [4.69, 9.17) is 5.11 Å². The minimum Gasteiger partial charge on any atom is -0.481 e. The number of benzene rings is 2. The van der Waals surface area contributed by atoms with E-state index in [0.717, 1.165) is 0 Å². The Morgan fingerprint density at radius 3 is 2.30 bits per heavy atom. The van der Waals surface area contributed by atoms with Crippen LogP contribution in [0, 0.1) is 5.92 Å². The minimum absolute atomic E-state index is 0.119. The highest BCUT2D eigenvalue weighted by atomic mass is 16.4. The maximum absolute atomic E-state index is 12.4. The lowest BCUT2D eigenvalue weighted by Gasteiger charge is -2.09. The number of carbonyl (C=O) groups is 3. The highest BCUT2D eigenvalue weighted by Gasteiger charge is 2.16. The van der Waals surface area contributed by atoms with E-state index in [2.05, 4.69) is 5.32 Å². The second-order valence-corrected chi connectivity index (χ2v) is 5.27. The standard InChI is InChI=1S/C18H17NO4/c1-12(18(22)23)10-16(20)19-15-9-5-8-14(11-15)17(21)13-6-3-2-4-7-13/h2-9,11-12H,10H2,1H3,(H,19,20)(H,22,23). The van der Waals surface area contributed by atoms with E-state index in [-0.39, 0.29) is 12.2 Å². The fourth-order valence-corrected chi connectivity index (χ4v) is 2.07. The molecule has 0 aliphatic carbocycles. The molecule has 1 atom stereocenters. The largest absolute Gasteiger partial charge is 0.481 e. The summed E-state index contributed by atoms with van der Waals surface area (Å²) < 4.78 is 0. The Kier molecular flexibility index (Phi) is 5.25. The first-order valence-corrected chi connectivity index (χ1v) is 7.20. The predicted molar refractivity (Wildman–Crippen MR) is 86.4 cm³/mol. The smallest absolute Gasteiger partial charge is 0.306 e. The van der Waals surface area contributed by atoms with Crippen LogP contribution in [-0.4, -0.2) is 22.8 Å². The average molecular weight is 311 g/mol. The summed E-state index contributed by atoms with van der Waals surface area (Å²) in [5, 5.41) is 11.4. The second kappa shape index (κ2) is 7.35. The summed E-state index contributed by atoms with van der Waals surface area (Å²) in [6.45, 7) is 1.47. The van der Waals surface area contributed by atoms with E-state index in [1.165, 1.54) is 6.92 Å². The first-order valence-electron chi connectivity index (χ1n) is 7.20. The fraction of sp³-hybridized carbons (Fsp3) is 0.167. The van der Waals surface area contributed by atoms with Gasteiger partial charge in [-0.1, -0.05) is 49.4 Å². The van der Waals surface area contributed by atoms with Crippen molar-refractivity contribution in [1.82, 2.24) is 0 Å². The number of carboxylic acids is 1. The normalized spacial score (nSPS) is 11.5. The van der Waals surface area contributed by atoms with Crippen molar-refractivity contribution < 1.29 is 19.5 Å². The molecule has 0 spiro atoms. The predicted octanol–water partition coefficient (Wildman–Crippen LogP) is 2.97. The van der Waals surface area contributed by atoms with Crippen molar-refractivity contribution in [1.29, 1.82) is 0 Å². The second-order valence-electron chi connectivity index (χ2n) is 5.27. The molecule has 5 nitrogen and oxygen atoms in total. The van der Waals surface area contributed by atoms with Crippen molar-refractivity contribution >= 4 is 23.3 Å². The van der Waals surface area contributed by atoms with Crippen molar-refractivity contribution in [3.63, 3.8) is 0 Å². The van der Waals surface area contributed by atoms with Crippen LogP contribution in [0.5, 0.6) is 0 Å². The maximum atomic E-state index is 12.4. The summed E-state index contributed by atoms with van der Waals surface area (Å²) >= 11 is 0. The monoisotopic (exact) mass is 311 g/mol. The molecule has 2 aromatic rings. The summed E-state index contributed by atoms with van der Waals surface area (Å²) in [6.07, 6.45) is -0.119. The number of hydrogen-bond acceptors (Lipinski definition) is 3. The van der Waals surface area contributed by atoms with E-state index < -0.39 is 17.8 Å². The van der Waals surface area contributed by atoms with Crippen LogP contribution in [0.2, 0.25) is 0 Å². The number of rotatable bonds is 6. The third kappa shape index (κ3) is 4.51. The van der Waals surface area contributed by atoms with Gasteiger partial charge >= 0.3 is 5.97 Å². The maximum Gasteiger partial charge on any atom is 0.306 e. The molecule has 118 valence electrons. The zero-order valence-electron chi connectivity index (χ0n) is 12.7. The van der Waals surface area contributed by atoms with Crippen LogP contribution in [0.3, 0.4) is 0 Å². The Hall–Kier alpha value is -2.95. The molecule has 1 unspecified atom stereocenters. The van der Waals surface area contributed by atoms with Crippen LogP contribution >= 0.6 is 0 Å². The van der Waals surface area contributed by atoms with E-state index in [1.807, 2.05) is 6.07 Å². The molecule has 0 fully saturated rings. The third-order valence-corrected chi connectivity index (χ3v) is 3.36. The Morgan fingerprint density at radius 1 is 1.00 bits per heavy atom. The van der Waals surface area contributed by atoms with Crippen molar-refractivity contribution in [3.8, 4) is 0 Å². The molecule has 2 aromatic carbocycles. The Bertz CT molecular complexity index is 725. The molecular weight excluding hydrogens is 294 g/mol. The fourth-order valence-electron chi connectivity index (χ4n) is 2.07. The van der Waals surface area contributed by atoms with Gasteiger partial charge in [-0.2, -0.15) is 0 Å². The van der Waals surface area contributed by atoms with E-state index in [0.29, 0.717) is 16.8 Å². The van der Waals surface area contributed by atoms with Crippen LogP contribution in [-0.2, 0) is 9.59 Å². The first kappa shape index (κ1) is 16.4. The minimum atomic E-state index is -1.02. The van der Waals surface area contributed by atoms with Crippen LogP contribution in [0.15, 0.2) is 54.6 Å². The molecule has 0 aliphatic heterocycles. The molecular formula is C18H17NO4. The van der Waals surface area contributed by atoms with Gasteiger partial charge in [-0.3, -0.25) is 14.4 Å². The lowest BCUT2D eigenvalue weighted by atomic mass is 10.0. The number of amides is 1. The summed E-state index contributed by atoms with van der Waals surface area (Å²) in [4.78, 5) is 34.9. The number of hydrogen-bond donors (Lipinski definition) is 2. The summed E-state index contributed by atoms with van der Waals surface area (Å²) in [5.41, 5.74) is 1.49. The lowest BCUT2D eigenvalue weighted by molar-refractivity contribution is -0.142. The van der Waals surface area contributed by atoms with Crippen molar-refractivity contribution in [2.75, 3.05) is 5.32 Å². The van der Waals surface area contributed by atoms with E-state index in [9.17, 15) is 14.4 Å². The number of ketones is 1. The SMILES string of the molecule is CC(CC(=O)Nc1cccc(C(=O)c2ccccc2)c1)C(=O)O. The molecule has 2 N–H and O–H groups in total. The molecule has 0 aliphatic rings. The Labute approximate surface area is 134 Å². The summed E-state index contributed by atoms with van der Waals surface area (Å²) in [6, 6.07) is 15.4. The number of anilines is 1. The first-order chi connectivity index (χ1) is 11.0. The van der Waals surface area contributed by atoms with E-state index >= 15 is 0 Å². The zero-order chi connectivity index (χ0) is 16.8. The molecule has 0 saturated carbocycles. The number of carboxylic acid groups (broad SMARTS) is 1. The number of aliphatic carboxylic acids is 1. The van der Waals surface area contributed by atoms with Gasteiger partial charge in [0.2, 0.25) is 5.91 Å². The molecule has 23 heavy (non-hydrogen) atoms. The molecule has 5 heteroatoms. The Balaban J connectivity index is 2.10. The van der Waals surface area contributed by atoms with Gasteiger partial charge in [0.25, 0.3) is 0 Å². The molecule has 0 bridgehead atoms. The molecule has 0 heterocycles. The zero-order valence-corrected chi connectivity index (χ0v) is 12.7. The van der Waals surface area contributed by atoms with Gasteiger partial charge < -0.3 is 10.4 Å². The van der Waals surface area contributed by atoms with Crippen molar-refractivity contribution in [2.45, 2.75) is 13.3 Å². The van der Waals surface area contributed by atoms with Crippen molar-refractivity contribution in [2.24, 2.45) is 5.92 Å². The van der Waals surface area contributed by atoms with Crippen LogP contribution in [0.4, 0.5) is 5.69 Å². The molecule has 0 saturated heterocycles. The molecule has 2 rings (SSSR count). The van der Waals surface area contributed by atoms with Crippen LogP contribution < -0.4 is 5.32 Å². The molecule has 0 radical (unpaired) electrons. The number of nitrogens with one attached hydrogen (secondary N) is 1. The Morgan fingerprint density at radius 2 is 1.65 bits per heavy atom. The summed E-state index contributed by atoms with van der Waals surface area (Å²) in [7, 11) is 0. The lowest BCUT2D eigenvalue weighted by Crippen LogP contribution is -2.20. The average Bonchev–Trinajstić information content (AvgIpc) is 2.55. The highest BCUT2D eigenvalue weighted by molar-refractivity contribution is 6.09. The quantitative estimate of drug-likeness (QED) is 0.803. The van der Waals surface area contributed by atoms with Gasteiger partial charge in [0.1, 0.15) is 0 Å². The van der Waals surface area contributed by atoms with Gasteiger partial charge in [-0.15, -0.1) is 0 Å². The van der Waals surface area contributed by atoms with Gasteiger partial charge in [0, 0.05) is 23.2 Å². The van der Waals surface area contributed by atoms with Crippen molar-refractivity contribution in [3.05, 3.63) is 65.7 Å². The summed E-state index contributed by atoms with van der Waals surface area (Å²) in [5.74, 6) is -2.32. The third-order valence-electron chi connectivity index (χ3n) is 3.36. The van der Waals surface area contributed by atoms with Gasteiger partial charge in [-0.05, 0) is 12.1 Å².